The predicted octanol–water partition coefficient (Wildman–Crippen LogP) is 2.34. The molecule has 0 spiro atoms. The lowest BCUT2D eigenvalue weighted by Crippen LogP contribution is -2.30. The van der Waals surface area contributed by atoms with Gasteiger partial charge in [-0.15, -0.1) is 6.58 Å². The van der Waals surface area contributed by atoms with E-state index in [1.54, 1.807) is 24.3 Å². The number of amides is 1. The van der Waals surface area contributed by atoms with Crippen molar-refractivity contribution in [2.75, 3.05) is 19.0 Å². The molecule has 2 rings (SSSR count). The number of rotatable bonds is 9. The van der Waals surface area contributed by atoms with E-state index in [1.165, 1.54) is 44.4 Å². The van der Waals surface area contributed by atoms with Crippen LogP contribution in [-0.2, 0) is 19.6 Å². The number of carbonyl (C=O) groups is 2. The van der Waals surface area contributed by atoms with E-state index in [2.05, 4.69) is 16.6 Å². The molecule has 0 fully saturated rings. The third kappa shape index (κ3) is 6.16. The van der Waals surface area contributed by atoms with Crippen LogP contribution in [0.5, 0.6) is 5.75 Å². The number of nitrogens with one attached hydrogen (secondary N) is 2. The summed E-state index contributed by atoms with van der Waals surface area (Å²) < 4.78 is 36.6. The molecular weight excluding hydrogens is 396 g/mol. The molecule has 0 saturated carbocycles. The Labute approximate surface area is 169 Å². The first kappa shape index (κ1) is 22.1. The van der Waals surface area contributed by atoms with Crippen molar-refractivity contribution in [1.29, 1.82) is 0 Å². The summed E-state index contributed by atoms with van der Waals surface area (Å²) in [5, 5.41) is 2.63. The smallest absolute Gasteiger partial charge is 0.338 e. The molecule has 1 atom stereocenters. The second kappa shape index (κ2) is 9.85. The van der Waals surface area contributed by atoms with Crippen LogP contribution in [0.4, 0.5) is 5.69 Å². The van der Waals surface area contributed by atoms with Crippen LogP contribution in [-0.4, -0.2) is 40.1 Å². The zero-order valence-electron chi connectivity index (χ0n) is 16.0. The second-order valence-corrected chi connectivity index (χ2v) is 7.70. The Kier molecular flexibility index (Phi) is 7.52. The molecule has 8 nitrogen and oxygen atoms in total. The molecule has 0 aromatic heterocycles. The Morgan fingerprint density at radius 3 is 2.28 bits per heavy atom. The summed E-state index contributed by atoms with van der Waals surface area (Å²) in [6.45, 7) is 4.97. The van der Waals surface area contributed by atoms with Gasteiger partial charge in [0.05, 0.1) is 17.6 Å². The highest BCUT2D eigenvalue weighted by atomic mass is 32.2. The molecule has 1 unspecified atom stereocenters. The van der Waals surface area contributed by atoms with Crippen molar-refractivity contribution in [3.8, 4) is 5.75 Å². The minimum atomic E-state index is -3.69. The fourth-order valence-corrected chi connectivity index (χ4v) is 3.22. The van der Waals surface area contributed by atoms with Crippen molar-refractivity contribution in [3.63, 3.8) is 0 Å². The van der Waals surface area contributed by atoms with E-state index in [1.807, 2.05) is 0 Å². The molecule has 1 amide bonds. The molecule has 0 aliphatic rings. The van der Waals surface area contributed by atoms with Gasteiger partial charge < -0.3 is 14.8 Å². The average Bonchev–Trinajstić information content (AvgIpc) is 2.72. The molecule has 0 radical (unpaired) electrons. The van der Waals surface area contributed by atoms with Crippen molar-refractivity contribution in [3.05, 3.63) is 66.7 Å². The van der Waals surface area contributed by atoms with E-state index in [4.69, 9.17) is 9.47 Å². The van der Waals surface area contributed by atoms with Crippen LogP contribution < -0.4 is 14.8 Å². The van der Waals surface area contributed by atoms with Crippen molar-refractivity contribution < 1.29 is 27.5 Å². The summed E-state index contributed by atoms with van der Waals surface area (Å²) in [4.78, 5) is 24.4. The summed E-state index contributed by atoms with van der Waals surface area (Å²) in [7, 11) is -2.15. The fraction of sp³-hybridized carbons (Fsp3) is 0.200. The van der Waals surface area contributed by atoms with Crippen LogP contribution in [0, 0.1) is 0 Å². The summed E-state index contributed by atoms with van der Waals surface area (Å²) in [6, 6.07) is 11.9. The highest BCUT2D eigenvalue weighted by Crippen LogP contribution is 2.16. The molecule has 2 aromatic carbocycles. The highest BCUT2D eigenvalue weighted by molar-refractivity contribution is 7.89. The SMILES string of the molecule is C=CCNS(=O)(=O)c1ccc(C(=O)OC(C)C(=O)Nc2ccc(OC)cc2)cc1. The van der Waals surface area contributed by atoms with Crippen LogP contribution in [0.15, 0.2) is 66.1 Å². The lowest BCUT2D eigenvalue weighted by atomic mass is 10.2. The zero-order chi connectivity index (χ0) is 21.4. The molecule has 0 heterocycles. The Morgan fingerprint density at radius 2 is 1.72 bits per heavy atom. The first-order valence-corrected chi connectivity index (χ1v) is 10.1. The van der Waals surface area contributed by atoms with Gasteiger partial charge in [0.2, 0.25) is 10.0 Å². The van der Waals surface area contributed by atoms with Crippen LogP contribution in [0.1, 0.15) is 17.3 Å². The Bertz CT molecular complexity index is 969. The van der Waals surface area contributed by atoms with Crippen molar-refractivity contribution >= 4 is 27.6 Å². The predicted molar refractivity (Wildman–Crippen MR) is 108 cm³/mol. The van der Waals surface area contributed by atoms with Crippen LogP contribution in [0.2, 0.25) is 0 Å². The Morgan fingerprint density at radius 1 is 1.10 bits per heavy atom. The molecule has 9 heteroatoms. The maximum absolute atomic E-state index is 12.2. The fourth-order valence-electron chi connectivity index (χ4n) is 2.22. The lowest BCUT2D eigenvalue weighted by Gasteiger charge is -2.14. The second-order valence-electron chi connectivity index (χ2n) is 5.93. The molecule has 0 aliphatic carbocycles. The zero-order valence-corrected chi connectivity index (χ0v) is 16.9. The van der Waals surface area contributed by atoms with Gasteiger partial charge >= 0.3 is 5.97 Å². The van der Waals surface area contributed by atoms with Gasteiger partial charge in [0.1, 0.15) is 5.75 Å². The first-order valence-electron chi connectivity index (χ1n) is 8.63. The molecule has 0 bridgehead atoms. The summed E-state index contributed by atoms with van der Waals surface area (Å²) in [6.07, 6.45) is 0.365. The first-order chi connectivity index (χ1) is 13.8. The molecule has 2 N–H and O–H groups in total. The largest absolute Gasteiger partial charge is 0.497 e. The highest BCUT2D eigenvalue weighted by Gasteiger charge is 2.20. The summed E-state index contributed by atoms with van der Waals surface area (Å²) in [5.74, 6) is -0.602. The average molecular weight is 418 g/mol. The summed E-state index contributed by atoms with van der Waals surface area (Å²) >= 11 is 0. The van der Waals surface area contributed by atoms with Crippen molar-refractivity contribution in [1.82, 2.24) is 4.72 Å². The normalized spacial score (nSPS) is 11.9. The maximum atomic E-state index is 12.2. The lowest BCUT2D eigenvalue weighted by molar-refractivity contribution is -0.123. The van der Waals surface area contributed by atoms with Gasteiger partial charge in [0.15, 0.2) is 6.10 Å². The number of carbonyl (C=O) groups excluding carboxylic acids is 2. The standard InChI is InChI=1S/C20H22N2O6S/c1-4-13-21-29(25,26)18-11-5-15(6-12-18)20(24)28-14(2)19(23)22-16-7-9-17(27-3)10-8-16/h4-12,14,21H,1,13H2,2-3H3,(H,22,23). The number of anilines is 1. The Balaban J connectivity index is 1.97. The molecule has 2 aromatic rings. The topological polar surface area (TPSA) is 111 Å². The van der Waals surface area contributed by atoms with Gasteiger partial charge in [-0.3, -0.25) is 4.79 Å². The van der Waals surface area contributed by atoms with Gasteiger partial charge in [-0.1, -0.05) is 6.08 Å². The van der Waals surface area contributed by atoms with Gasteiger partial charge in [-0.25, -0.2) is 17.9 Å². The maximum Gasteiger partial charge on any atom is 0.338 e. The van der Waals surface area contributed by atoms with E-state index in [-0.39, 0.29) is 17.0 Å². The van der Waals surface area contributed by atoms with E-state index in [0.29, 0.717) is 11.4 Å². The molecule has 154 valence electrons. The van der Waals surface area contributed by atoms with Crippen LogP contribution in [0.25, 0.3) is 0 Å². The van der Waals surface area contributed by atoms with E-state index in [9.17, 15) is 18.0 Å². The molecule has 0 saturated heterocycles. The Hall–Kier alpha value is -3.17. The number of methoxy groups -OCH3 is 1. The number of hydrogen-bond acceptors (Lipinski definition) is 6. The minimum absolute atomic E-state index is 0.00111. The quantitative estimate of drug-likeness (QED) is 0.478. The third-order valence-corrected chi connectivity index (χ3v) is 5.27. The summed E-state index contributed by atoms with van der Waals surface area (Å²) in [5.41, 5.74) is 0.650. The molecular formula is C20H22N2O6S. The van der Waals surface area contributed by atoms with Gasteiger partial charge in [-0.2, -0.15) is 0 Å². The van der Waals surface area contributed by atoms with E-state index < -0.39 is 28.0 Å². The number of benzene rings is 2. The number of sulfonamides is 1. The number of hydrogen-bond donors (Lipinski definition) is 2. The van der Waals surface area contributed by atoms with Gasteiger partial charge in [0.25, 0.3) is 5.91 Å². The van der Waals surface area contributed by atoms with E-state index in [0.717, 1.165) is 0 Å². The monoisotopic (exact) mass is 418 g/mol. The van der Waals surface area contributed by atoms with Gasteiger partial charge in [0, 0.05) is 12.2 Å². The number of ether oxygens (including phenoxy) is 2. The van der Waals surface area contributed by atoms with Crippen molar-refractivity contribution in [2.24, 2.45) is 0 Å². The van der Waals surface area contributed by atoms with Crippen LogP contribution in [0.3, 0.4) is 0 Å². The third-order valence-electron chi connectivity index (χ3n) is 3.83. The van der Waals surface area contributed by atoms with Crippen molar-refractivity contribution in [2.45, 2.75) is 17.9 Å². The molecule has 0 aliphatic heterocycles. The number of esters is 1. The van der Waals surface area contributed by atoms with Gasteiger partial charge in [-0.05, 0) is 55.5 Å². The minimum Gasteiger partial charge on any atom is -0.497 e. The molecule has 29 heavy (non-hydrogen) atoms. The van der Waals surface area contributed by atoms with Crippen LogP contribution >= 0.6 is 0 Å². The van der Waals surface area contributed by atoms with E-state index >= 15 is 0 Å².